The monoisotopic (exact) mass is 252 g/mol. The number of rotatable bonds is 9. The van der Waals surface area contributed by atoms with Crippen LogP contribution >= 0.6 is 0 Å². The van der Waals surface area contributed by atoms with Gasteiger partial charge in [0.15, 0.2) is 0 Å². The Balaban J connectivity index is 1.97. The summed E-state index contributed by atoms with van der Waals surface area (Å²) < 4.78 is 10.6. The Labute approximate surface area is 107 Å². The highest BCUT2D eigenvalue weighted by atomic mass is 16.5. The van der Waals surface area contributed by atoms with Gasteiger partial charge in [-0.05, 0) is 25.1 Å². The number of carbonyl (C=O) groups is 1. The summed E-state index contributed by atoms with van der Waals surface area (Å²) in [5.41, 5.74) is 5.31. The van der Waals surface area contributed by atoms with E-state index in [9.17, 15) is 4.79 Å². The molecule has 0 fully saturated rings. The molecule has 1 rings (SSSR count). The number of hydrogen-bond acceptors (Lipinski definition) is 4. The van der Waals surface area contributed by atoms with E-state index in [0.29, 0.717) is 26.3 Å². The fourth-order valence-corrected chi connectivity index (χ4v) is 1.28. The first-order chi connectivity index (χ1) is 8.83. The number of carbonyl (C=O) groups excluding carboxylic acids is 1. The Morgan fingerprint density at radius 1 is 1.22 bits per heavy atom. The van der Waals surface area contributed by atoms with Crippen LogP contribution in [0.2, 0.25) is 0 Å². The summed E-state index contributed by atoms with van der Waals surface area (Å²) in [5, 5.41) is 2.71. The van der Waals surface area contributed by atoms with Crippen LogP contribution in [-0.4, -0.2) is 38.8 Å². The third kappa shape index (κ3) is 6.88. The largest absolute Gasteiger partial charge is 0.491 e. The number of nitrogens with one attached hydrogen (secondary N) is 1. The van der Waals surface area contributed by atoms with Gasteiger partial charge >= 0.3 is 0 Å². The average Bonchev–Trinajstić information content (AvgIpc) is 2.40. The molecule has 1 aromatic carbocycles. The lowest BCUT2D eigenvalue weighted by Crippen LogP contribution is -2.30. The van der Waals surface area contributed by atoms with Crippen LogP contribution in [0, 0.1) is 0 Å². The smallest absolute Gasteiger partial charge is 0.246 e. The van der Waals surface area contributed by atoms with Gasteiger partial charge in [0.05, 0.1) is 6.61 Å². The minimum atomic E-state index is -0.122. The molecule has 0 aromatic heterocycles. The van der Waals surface area contributed by atoms with Crippen molar-refractivity contribution in [3.8, 4) is 5.75 Å². The van der Waals surface area contributed by atoms with Crippen molar-refractivity contribution in [3.05, 3.63) is 30.3 Å². The second-order valence-corrected chi connectivity index (χ2v) is 3.71. The molecule has 0 radical (unpaired) electrons. The predicted molar refractivity (Wildman–Crippen MR) is 69.4 cm³/mol. The summed E-state index contributed by atoms with van der Waals surface area (Å²) in [7, 11) is 0. The molecule has 0 atom stereocenters. The van der Waals surface area contributed by atoms with Crippen LogP contribution < -0.4 is 15.8 Å². The maximum Gasteiger partial charge on any atom is 0.246 e. The first-order valence-electron chi connectivity index (χ1n) is 6.05. The van der Waals surface area contributed by atoms with E-state index in [1.165, 1.54) is 0 Å². The van der Waals surface area contributed by atoms with E-state index in [2.05, 4.69) is 5.32 Å². The van der Waals surface area contributed by atoms with E-state index in [1.54, 1.807) is 0 Å². The standard InChI is InChI=1S/C13H20N2O3/c14-7-4-8-15-13(16)11-17-9-10-18-12-5-2-1-3-6-12/h1-3,5-6H,4,7-11,14H2,(H,15,16). The van der Waals surface area contributed by atoms with Gasteiger partial charge in [-0.3, -0.25) is 4.79 Å². The Kier molecular flexibility index (Phi) is 7.59. The molecule has 0 heterocycles. The van der Waals surface area contributed by atoms with Crippen molar-refractivity contribution in [2.75, 3.05) is 32.9 Å². The molecule has 0 aliphatic rings. The molecule has 5 nitrogen and oxygen atoms in total. The zero-order valence-corrected chi connectivity index (χ0v) is 10.4. The van der Waals surface area contributed by atoms with E-state index < -0.39 is 0 Å². The molecule has 1 amide bonds. The molecule has 0 bridgehead atoms. The molecule has 0 aliphatic carbocycles. The van der Waals surface area contributed by atoms with Gasteiger partial charge in [0.2, 0.25) is 5.91 Å². The summed E-state index contributed by atoms with van der Waals surface area (Å²) in [4.78, 5) is 11.2. The molecular formula is C13H20N2O3. The third-order valence-corrected chi connectivity index (χ3v) is 2.18. The molecule has 0 spiro atoms. The highest BCUT2D eigenvalue weighted by Gasteiger charge is 2.00. The second-order valence-electron chi connectivity index (χ2n) is 3.71. The van der Waals surface area contributed by atoms with Crippen molar-refractivity contribution in [1.82, 2.24) is 5.32 Å². The number of amides is 1. The SMILES string of the molecule is NCCCNC(=O)COCCOc1ccccc1. The normalized spacial score (nSPS) is 10.1. The Bertz CT molecular complexity index is 330. The van der Waals surface area contributed by atoms with E-state index >= 15 is 0 Å². The second kappa shape index (κ2) is 9.44. The van der Waals surface area contributed by atoms with Gasteiger partial charge in [0, 0.05) is 6.54 Å². The maximum atomic E-state index is 11.2. The molecule has 0 saturated heterocycles. The summed E-state index contributed by atoms with van der Waals surface area (Å²) in [6, 6.07) is 9.48. The fraction of sp³-hybridized carbons (Fsp3) is 0.462. The molecule has 0 unspecified atom stereocenters. The molecule has 0 aliphatic heterocycles. The van der Waals surface area contributed by atoms with Crippen LogP contribution in [0.25, 0.3) is 0 Å². The molecule has 1 aromatic rings. The minimum absolute atomic E-state index is 0.0583. The van der Waals surface area contributed by atoms with Gasteiger partial charge in [0.25, 0.3) is 0 Å². The van der Waals surface area contributed by atoms with Crippen LogP contribution in [0.3, 0.4) is 0 Å². The predicted octanol–water partition coefficient (Wildman–Crippen LogP) is 0.547. The van der Waals surface area contributed by atoms with Crippen molar-refractivity contribution in [2.45, 2.75) is 6.42 Å². The lowest BCUT2D eigenvalue weighted by molar-refractivity contribution is -0.125. The van der Waals surface area contributed by atoms with Gasteiger partial charge in [-0.1, -0.05) is 18.2 Å². The zero-order chi connectivity index (χ0) is 13.1. The molecule has 0 saturated carbocycles. The van der Waals surface area contributed by atoms with Gasteiger partial charge in [-0.25, -0.2) is 0 Å². The first-order valence-corrected chi connectivity index (χ1v) is 6.05. The third-order valence-electron chi connectivity index (χ3n) is 2.18. The van der Waals surface area contributed by atoms with Gasteiger partial charge in [-0.2, -0.15) is 0 Å². The summed E-state index contributed by atoms with van der Waals surface area (Å²) >= 11 is 0. The number of ether oxygens (including phenoxy) is 2. The molecule has 3 N–H and O–H groups in total. The maximum absolute atomic E-state index is 11.2. The Morgan fingerprint density at radius 3 is 2.72 bits per heavy atom. The van der Waals surface area contributed by atoms with Crippen molar-refractivity contribution < 1.29 is 14.3 Å². The number of hydrogen-bond donors (Lipinski definition) is 2. The van der Waals surface area contributed by atoms with Crippen LogP contribution in [0.1, 0.15) is 6.42 Å². The highest BCUT2D eigenvalue weighted by Crippen LogP contribution is 2.07. The van der Waals surface area contributed by atoms with Crippen molar-refractivity contribution >= 4 is 5.91 Å². The topological polar surface area (TPSA) is 73.6 Å². The van der Waals surface area contributed by atoms with E-state index in [1.807, 2.05) is 30.3 Å². The van der Waals surface area contributed by atoms with Crippen LogP contribution in [0.5, 0.6) is 5.75 Å². The average molecular weight is 252 g/mol. The van der Waals surface area contributed by atoms with E-state index in [0.717, 1.165) is 12.2 Å². The molecule has 18 heavy (non-hydrogen) atoms. The summed E-state index contributed by atoms with van der Waals surface area (Å²) in [5.74, 6) is 0.677. The number of benzene rings is 1. The van der Waals surface area contributed by atoms with Crippen LogP contribution in [-0.2, 0) is 9.53 Å². The summed E-state index contributed by atoms with van der Waals surface area (Å²) in [6.45, 7) is 2.05. The van der Waals surface area contributed by atoms with Crippen LogP contribution in [0.4, 0.5) is 0 Å². The zero-order valence-electron chi connectivity index (χ0n) is 10.4. The number of para-hydroxylation sites is 1. The highest BCUT2D eigenvalue weighted by molar-refractivity contribution is 5.77. The van der Waals surface area contributed by atoms with E-state index in [4.69, 9.17) is 15.2 Å². The van der Waals surface area contributed by atoms with Gasteiger partial charge in [-0.15, -0.1) is 0 Å². The number of nitrogens with two attached hydrogens (primary N) is 1. The Hall–Kier alpha value is -1.59. The van der Waals surface area contributed by atoms with Crippen molar-refractivity contribution in [3.63, 3.8) is 0 Å². The lowest BCUT2D eigenvalue weighted by atomic mass is 10.3. The first kappa shape index (κ1) is 14.5. The Morgan fingerprint density at radius 2 is 2.00 bits per heavy atom. The minimum Gasteiger partial charge on any atom is -0.491 e. The molecular weight excluding hydrogens is 232 g/mol. The lowest BCUT2D eigenvalue weighted by Gasteiger charge is -2.07. The van der Waals surface area contributed by atoms with Crippen LogP contribution in [0.15, 0.2) is 30.3 Å². The van der Waals surface area contributed by atoms with Gasteiger partial charge in [0.1, 0.15) is 19.0 Å². The summed E-state index contributed by atoms with van der Waals surface area (Å²) in [6.07, 6.45) is 0.781. The fourth-order valence-electron chi connectivity index (χ4n) is 1.28. The molecule has 5 heteroatoms. The van der Waals surface area contributed by atoms with Crippen molar-refractivity contribution in [2.24, 2.45) is 5.73 Å². The van der Waals surface area contributed by atoms with Gasteiger partial charge < -0.3 is 20.5 Å². The molecule has 100 valence electrons. The quantitative estimate of drug-likeness (QED) is 0.629. The van der Waals surface area contributed by atoms with E-state index in [-0.39, 0.29) is 12.5 Å². The van der Waals surface area contributed by atoms with Crippen molar-refractivity contribution in [1.29, 1.82) is 0 Å².